The maximum Gasteiger partial charge on any atom is 1.00 e. The fourth-order valence-corrected chi connectivity index (χ4v) is 6.83. The molecule has 10 nitrogen and oxygen atoms in total. The summed E-state index contributed by atoms with van der Waals surface area (Å²) in [6.07, 6.45) is -1.99. The molecule has 284 valence electrons. The number of carbonyl (C=O) groups is 4. The molecule has 0 unspecified atom stereocenters. The van der Waals surface area contributed by atoms with E-state index in [0.29, 0.717) is 22.3 Å². The molecule has 57 heavy (non-hydrogen) atoms. The van der Waals surface area contributed by atoms with Crippen molar-refractivity contribution < 1.29 is 138 Å². The maximum atomic E-state index is 14.3. The Balaban J connectivity index is 0.00000374. The Bertz CT molecular complexity index is 1940. The third-order valence-corrected chi connectivity index (χ3v) is 10.1. The summed E-state index contributed by atoms with van der Waals surface area (Å²) in [5.74, 6) is -4.62. The van der Waals surface area contributed by atoms with E-state index in [0.717, 1.165) is 11.1 Å². The number of benzene rings is 4. The van der Waals surface area contributed by atoms with Gasteiger partial charge in [-0.15, -0.1) is 5.75 Å². The van der Waals surface area contributed by atoms with Crippen molar-refractivity contribution >= 4 is 23.5 Å². The van der Waals surface area contributed by atoms with Crippen LogP contribution in [0, 0.1) is 0 Å². The zero-order valence-corrected chi connectivity index (χ0v) is 40.5. The third-order valence-electron chi connectivity index (χ3n) is 10.1. The Hall–Kier alpha value is -2.64. The first-order chi connectivity index (χ1) is 25.1. The van der Waals surface area contributed by atoms with Gasteiger partial charge in [-0.3, -0.25) is 9.59 Å². The van der Waals surface area contributed by atoms with Gasteiger partial charge in [0.15, 0.2) is 11.6 Å². The molecule has 0 radical (unpaired) electrons. The van der Waals surface area contributed by atoms with Crippen LogP contribution in [0.1, 0.15) is 144 Å². The summed E-state index contributed by atoms with van der Waals surface area (Å²) in [5.41, 5.74) is 3.44. The number of carboxylic acids is 2. The van der Waals surface area contributed by atoms with E-state index < -0.39 is 52.9 Å². The van der Waals surface area contributed by atoms with Crippen molar-refractivity contribution in [3.63, 3.8) is 0 Å². The summed E-state index contributed by atoms with van der Waals surface area (Å²) in [6.45, 7) is 11.9. The molecule has 0 heterocycles. The maximum absolute atomic E-state index is 14.3. The van der Waals surface area contributed by atoms with E-state index in [1.165, 1.54) is 24.3 Å². The van der Waals surface area contributed by atoms with Gasteiger partial charge in [0.1, 0.15) is 17.2 Å². The van der Waals surface area contributed by atoms with Crippen LogP contribution in [0.3, 0.4) is 0 Å². The largest absolute Gasteiger partial charge is 1.00 e. The molecule has 5 rings (SSSR count). The first-order valence-corrected chi connectivity index (χ1v) is 18.0. The molecule has 1 aliphatic rings. The van der Waals surface area contributed by atoms with Gasteiger partial charge in [0.25, 0.3) is 0 Å². The molecule has 0 spiro atoms. The number of hydrogen-bond donors (Lipinski definition) is 3. The third kappa shape index (κ3) is 12.2. The van der Waals surface area contributed by atoms with Crippen LogP contribution in [-0.2, 0) is 46.1 Å². The van der Waals surface area contributed by atoms with Gasteiger partial charge in [0.2, 0.25) is 0 Å². The molecular weight excluding hydrogens is 757 g/mol. The number of aromatic hydroxyl groups is 3. The molecule has 0 amide bonds. The van der Waals surface area contributed by atoms with Crippen LogP contribution in [0.4, 0.5) is 0 Å². The van der Waals surface area contributed by atoms with Gasteiger partial charge in [-0.05, 0) is 92.4 Å². The number of phenolic OH excluding ortho intramolecular Hbond substituents is 3. The van der Waals surface area contributed by atoms with Gasteiger partial charge < -0.3 is 40.2 Å². The fraction of sp³-hybridized carbons (Fsp3) is 0.364. The summed E-state index contributed by atoms with van der Waals surface area (Å²) < 4.78 is 0. The number of fused-ring (bicyclic) bond motifs is 8. The first kappa shape index (κ1) is 50.5. The van der Waals surface area contributed by atoms with Crippen molar-refractivity contribution in [1.82, 2.24) is 0 Å². The number of carbonyl (C=O) groups excluding carboxylic acids is 4. The van der Waals surface area contributed by atoms with E-state index in [1.807, 2.05) is 41.5 Å². The zero-order valence-electron chi connectivity index (χ0n) is 34.5. The molecule has 3 N–H and O–H groups in total. The van der Waals surface area contributed by atoms with Crippen molar-refractivity contribution in [3.8, 4) is 23.0 Å². The molecule has 4 aromatic carbocycles. The second kappa shape index (κ2) is 20.1. The number of rotatable bonds is 8. The second-order valence-corrected chi connectivity index (χ2v) is 16.4. The molecule has 4 aromatic rings. The molecular formula is C44H45Na3O10. The fourth-order valence-electron chi connectivity index (χ4n) is 6.83. The molecule has 0 aromatic heterocycles. The van der Waals surface area contributed by atoms with E-state index in [-0.39, 0.29) is 178 Å². The molecule has 1 aliphatic carbocycles. The average molecular weight is 803 g/mol. The Morgan fingerprint density at radius 3 is 0.982 bits per heavy atom. The van der Waals surface area contributed by atoms with E-state index in [9.17, 15) is 49.8 Å². The number of phenols is 3. The predicted octanol–water partition coefficient (Wildman–Crippen LogP) is -4.41. The van der Waals surface area contributed by atoms with Crippen molar-refractivity contribution in [2.75, 3.05) is 0 Å². The number of carboxylic acid groups (broad SMARTS) is 2. The topological polar surface area (TPSA) is 198 Å². The molecule has 0 saturated carbocycles. The molecule has 0 atom stereocenters. The Labute approximate surface area is 400 Å². The van der Waals surface area contributed by atoms with Crippen LogP contribution >= 0.6 is 0 Å². The van der Waals surface area contributed by atoms with Crippen LogP contribution in [0.5, 0.6) is 23.0 Å². The Morgan fingerprint density at radius 1 is 0.474 bits per heavy atom. The minimum Gasteiger partial charge on any atom is -0.872 e. The molecule has 0 saturated heterocycles. The van der Waals surface area contributed by atoms with Gasteiger partial charge in [-0.2, -0.15) is 0 Å². The Kier molecular flexibility index (Phi) is 17.8. The summed E-state index contributed by atoms with van der Waals surface area (Å²) in [7, 11) is 0. The summed E-state index contributed by atoms with van der Waals surface area (Å²) in [5, 5.41) is 72.1. The quantitative estimate of drug-likeness (QED) is 0.102. The van der Waals surface area contributed by atoms with Crippen molar-refractivity contribution in [2.45, 2.75) is 104 Å². The van der Waals surface area contributed by atoms with E-state index >= 15 is 0 Å². The van der Waals surface area contributed by atoms with Crippen LogP contribution in [0.15, 0.2) is 48.5 Å². The summed E-state index contributed by atoms with van der Waals surface area (Å²) in [4.78, 5) is 49.1. The zero-order chi connectivity index (χ0) is 39.9. The van der Waals surface area contributed by atoms with Gasteiger partial charge in [0, 0.05) is 61.6 Å². The van der Waals surface area contributed by atoms with Gasteiger partial charge >= 0.3 is 88.7 Å². The van der Waals surface area contributed by atoms with Crippen LogP contribution in [-0.4, -0.2) is 38.8 Å². The van der Waals surface area contributed by atoms with Gasteiger partial charge in [-0.1, -0.05) is 76.9 Å². The summed E-state index contributed by atoms with van der Waals surface area (Å²) >= 11 is 0. The Morgan fingerprint density at radius 2 is 0.719 bits per heavy atom. The van der Waals surface area contributed by atoms with Crippen molar-refractivity contribution in [2.24, 2.45) is 0 Å². The normalized spacial score (nSPS) is 12.3. The van der Waals surface area contributed by atoms with Crippen LogP contribution < -0.4 is 104 Å². The monoisotopic (exact) mass is 802 g/mol. The average Bonchev–Trinajstić information content (AvgIpc) is 3.07. The standard InChI is InChI=1S/C44H48O10.3Na/c1-43(2,3)33-19-29-15-25-11-23(35(45)7-9-37(47)48)13-27(39(25)51)17-31-21-34(44(4,5)6)22-32(42(31)54)18-28-14-24(36(46)8-10-38(49)50)12-26(40(28)52)16-30(20-33)41(29)53;;;/h11-14,19-22,51-54H,7-10,15-18H2,1-6H3,(H,47,48)(H,49,50);;;/q;3*+1/p-3. The molecule has 8 bridgehead atoms. The van der Waals surface area contributed by atoms with Gasteiger partial charge in [-0.25, -0.2) is 0 Å². The minimum absolute atomic E-state index is 0. The van der Waals surface area contributed by atoms with Gasteiger partial charge in [0.05, 0.1) is 0 Å². The number of hydrogen-bond acceptors (Lipinski definition) is 10. The molecule has 0 fully saturated rings. The van der Waals surface area contributed by atoms with Crippen molar-refractivity contribution in [3.05, 3.63) is 115 Å². The molecule has 13 heteroatoms. The van der Waals surface area contributed by atoms with Crippen molar-refractivity contribution in [1.29, 1.82) is 0 Å². The van der Waals surface area contributed by atoms with E-state index in [2.05, 4.69) is 0 Å². The SMILES string of the molecule is CC(C)(C)c1cc2c(O)c(c1)Cc1cc(C(=O)CCC(=O)[O-])cc(c1O)Cc1cc(C(C)(C)C)cc(c1O)Cc1cc(C(=O)CCC(=O)[O-])cc(c1[O-])C2.[Na+].[Na+].[Na+]. The number of aliphatic carboxylic acids is 2. The number of Topliss-reactive ketones (excluding diaryl/α,β-unsaturated/α-hetero) is 2. The van der Waals surface area contributed by atoms with Crippen LogP contribution in [0.25, 0.3) is 0 Å². The van der Waals surface area contributed by atoms with Crippen LogP contribution in [0.2, 0.25) is 0 Å². The summed E-state index contributed by atoms with van der Waals surface area (Å²) in [6, 6.07) is 12.9. The first-order valence-electron chi connectivity index (χ1n) is 18.0. The smallest absolute Gasteiger partial charge is 0.872 e. The predicted molar refractivity (Wildman–Crippen MR) is 196 cm³/mol. The number of ketones is 2. The minimum atomic E-state index is -1.39. The second-order valence-electron chi connectivity index (χ2n) is 16.4. The molecule has 0 aliphatic heterocycles. The van der Waals surface area contributed by atoms with E-state index in [1.54, 1.807) is 24.3 Å². The van der Waals surface area contributed by atoms with E-state index in [4.69, 9.17) is 0 Å².